The van der Waals surface area contributed by atoms with E-state index in [-0.39, 0.29) is 35.6 Å². The number of fused-ring (bicyclic) bond motifs is 2. The van der Waals surface area contributed by atoms with E-state index < -0.39 is 11.9 Å². The Morgan fingerprint density at radius 2 is 1.58 bits per heavy atom. The molecule has 2 aromatic carbocycles. The van der Waals surface area contributed by atoms with Gasteiger partial charge < -0.3 is 13.9 Å². The normalized spacial score (nSPS) is 13.1. The highest BCUT2D eigenvalue weighted by Crippen LogP contribution is 2.37. The fraction of sp³-hybridized carbons (Fsp3) is 0.0909. The molecule has 8 nitrogen and oxygen atoms in total. The Balaban J connectivity index is 1.44. The van der Waals surface area contributed by atoms with Gasteiger partial charge in [-0.1, -0.05) is 30.3 Å². The highest BCUT2D eigenvalue weighted by atomic mass is 19.4. The summed E-state index contributed by atoms with van der Waals surface area (Å²) in [4.78, 5) is 4.35. The van der Waals surface area contributed by atoms with Crippen LogP contribution in [0.3, 0.4) is 0 Å². The summed E-state index contributed by atoms with van der Waals surface area (Å²) in [5, 5.41) is 12.0. The van der Waals surface area contributed by atoms with E-state index in [4.69, 9.17) is 13.9 Å². The molecule has 1 aliphatic rings. The van der Waals surface area contributed by atoms with E-state index in [2.05, 4.69) is 20.3 Å². The molecule has 6 rings (SSSR count). The summed E-state index contributed by atoms with van der Waals surface area (Å²) >= 11 is 0. The van der Waals surface area contributed by atoms with E-state index in [1.807, 2.05) is 0 Å². The third-order valence-corrected chi connectivity index (χ3v) is 5.05. The Hall–Kier alpha value is -4.41. The molecule has 0 atom stereocenters. The third kappa shape index (κ3) is 3.34. The van der Waals surface area contributed by atoms with Crippen molar-refractivity contribution in [2.24, 2.45) is 0 Å². The number of aromatic nitrogens is 5. The zero-order valence-electron chi connectivity index (χ0n) is 16.6. The van der Waals surface area contributed by atoms with Crippen molar-refractivity contribution in [3.05, 3.63) is 66.4 Å². The second-order valence-corrected chi connectivity index (χ2v) is 7.17. The number of rotatable bonds is 3. The quantitative estimate of drug-likeness (QED) is 0.387. The summed E-state index contributed by atoms with van der Waals surface area (Å²) in [6.45, 7) is 0.120. The number of halogens is 3. The largest absolute Gasteiger partial charge is 0.454 e. The molecule has 0 bridgehead atoms. The lowest BCUT2D eigenvalue weighted by Gasteiger charge is -2.10. The minimum Gasteiger partial charge on any atom is -0.454 e. The van der Waals surface area contributed by atoms with Crippen LogP contribution in [-0.2, 0) is 6.18 Å². The molecule has 5 aromatic rings. The first-order valence-corrected chi connectivity index (χ1v) is 9.73. The molecule has 1 aliphatic heterocycles. The van der Waals surface area contributed by atoms with Gasteiger partial charge in [-0.15, -0.1) is 10.2 Å². The smallest absolute Gasteiger partial charge is 0.433 e. The zero-order valence-corrected chi connectivity index (χ0v) is 16.6. The molecule has 0 N–H and O–H groups in total. The second kappa shape index (κ2) is 7.05. The van der Waals surface area contributed by atoms with E-state index in [9.17, 15) is 13.2 Å². The van der Waals surface area contributed by atoms with Crippen LogP contribution in [0, 0.1) is 0 Å². The lowest BCUT2D eigenvalue weighted by Crippen LogP contribution is -2.13. The van der Waals surface area contributed by atoms with E-state index in [0.29, 0.717) is 22.6 Å². The summed E-state index contributed by atoms with van der Waals surface area (Å²) in [5.41, 5.74) is 0.402. The maximum Gasteiger partial charge on any atom is 0.433 e. The molecular weight excluding hydrogens is 439 g/mol. The van der Waals surface area contributed by atoms with Crippen LogP contribution in [0.25, 0.3) is 39.9 Å². The summed E-state index contributed by atoms with van der Waals surface area (Å²) < 4.78 is 58.4. The predicted octanol–water partition coefficient (Wildman–Crippen LogP) is 4.86. The number of hydrogen-bond acceptors (Lipinski definition) is 7. The third-order valence-electron chi connectivity index (χ3n) is 5.05. The molecule has 0 amide bonds. The van der Waals surface area contributed by atoms with Gasteiger partial charge in [-0.05, 0) is 24.3 Å². The molecule has 11 heteroatoms. The van der Waals surface area contributed by atoms with Crippen LogP contribution >= 0.6 is 0 Å². The first kappa shape index (κ1) is 19.3. The van der Waals surface area contributed by atoms with Gasteiger partial charge in [0.1, 0.15) is 0 Å². The summed E-state index contributed by atoms with van der Waals surface area (Å²) in [7, 11) is 0. The van der Waals surface area contributed by atoms with Gasteiger partial charge in [0.2, 0.25) is 12.7 Å². The molecule has 0 aliphatic carbocycles. The van der Waals surface area contributed by atoms with Gasteiger partial charge in [-0.25, -0.2) is 9.50 Å². The number of alkyl halides is 3. The molecule has 0 spiro atoms. The van der Waals surface area contributed by atoms with Gasteiger partial charge in [-0.3, -0.25) is 0 Å². The maximum absolute atomic E-state index is 13.8. The van der Waals surface area contributed by atoms with Gasteiger partial charge in [0, 0.05) is 17.2 Å². The van der Waals surface area contributed by atoms with Crippen LogP contribution in [0.4, 0.5) is 13.2 Å². The predicted molar refractivity (Wildman–Crippen MR) is 108 cm³/mol. The topological polar surface area (TPSA) is 87.6 Å². The van der Waals surface area contributed by atoms with Crippen molar-refractivity contribution in [1.82, 2.24) is 24.8 Å². The monoisotopic (exact) mass is 451 g/mol. The fourth-order valence-corrected chi connectivity index (χ4v) is 3.51. The molecule has 164 valence electrons. The first-order chi connectivity index (χ1) is 16.0. The second-order valence-electron chi connectivity index (χ2n) is 7.17. The highest BCUT2D eigenvalue weighted by Gasteiger charge is 2.35. The standard InChI is InChI=1S/C22H12F3N5O3/c23-22(24,25)18-9-14(12-4-2-1-3-5-12)26-19-10-15(29-30(18)19)21-28-27-20(33-21)13-6-7-16-17(8-13)32-11-31-16/h1-10H,11H2. The van der Waals surface area contributed by atoms with Crippen LogP contribution in [0.15, 0.2) is 65.1 Å². The van der Waals surface area contributed by atoms with Gasteiger partial charge in [0.25, 0.3) is 5.89 Å². The van der Waals surface area contributed by atoms with Crippen molar-refractivity contribution in [3.63, 3.8) is 0 Å². The molecule has 33 heavy (non-hydrogen) atoms. The summed E-state index contributed by atoms with van der Waals surface area (Å²) in [5.74, 6) is 1.25. The average molecular weight is 451 g/mol. The van der Waals surface area contributed by atoms with Crippen molar-refractivity contribution in [1.29, 1.82) is 0 Å². The molecule has 0 radical (unpaired) electrons. The van der Waals surface area contributed by atoms with Crippen LogP contribution < -0.4 is 9.47 Å². The summed E-state index contributed by atoms with van der Waals surface area (Å²) in [6, 6.07) is 16.0. The number of nitrogens with zero attached hydrogens (tertiary/aromatic N) is 5. The SMILES string of the molecule is FC(F)(F)c1cc(-c2ccccc2)nc2cc(-c3nnc(-c4ccc5c(c4)OCO5)o3)nn12. The Morgan fingerprint density at radius 3 is 2.39 bits per heavy atom. The average Bonchev–Trinajstić information content (AvgIpc) is 3.56. The Bertz CT molecular complexity index is 1490. The first-order valence-electron chi connectivity index (χ1n) is 9.73. The number of benzene rings is 2. The molecule has 4 heterocycles. The van der Waals surface area contributed by atoms with Crippen LogP contribution in [-0.4, -0.2) is 31.6 Å². The highest BCUT2D eigenvalue weighted by molar-refractivity contribution is 5.66. The molecule has 3 aromatic heterocycles. The van der Waals surface area contributed by atoms with E-state index in [1.165, 1.54) is 6.07 Å². The Morgan fingerprint density at radius 1 is 0.788 bits per heavy atom. The minimum absolute atomic E-state index is 0.00140. The van der Waals surface area contributed by atoms with Crippen molar-refractivity contribution >= 4 is 5.65 Å². The molecule has 0 saturated heterocycles. The van der Waals surface area contributed by atoms with E-state index in [1.54, 1.807) is 48.5 Å². The van der Waals surface area contributed by atoms with Crippen molar-refractivity contribution in [3.8, 4) is 45.8 Å². The van der Waals surface area contributed by atoms with Crippen molar-refractivity contribution in [2.75, 3.05) is 6.79 Å². The number of hydrogen-bond donors (Lipinski definition) is 0. The number of ether oxygens (including phenoxy) is 2. The molecule has 0 fully saturated rings. The molecular formula is C22H12F3N5O3. The summed E-state index contributed by atoms with van der Waals surface area (Å²) in [6.07, 6.45) is -4.65. The van der Waals surface area contributed by atoms with Gasteiger partial charge in [-0.2, -0.15) is 18.3 Å². The lowest BCUT2D eigenvalue weighted by molar-refractivity contribution is -0.142. The molecule has 0 unspecified atom stereocenters. The van der Waals surface area contributed by atoms with Gasteiger partial charge >= 0.3 is 6.18 Å². The van der Waals surface area contributed by atoms with Crippen LogP contribution in [0.2, 0.25) is 0 Å². The van der Waals surface area contributed by atoms with Crippen LogP contribution in [0.5, 0.6) is 11.5 Å². The fourth-order valence-electron chi connectivity index (χ4n) is 3.51. The Labute approximate surface area is 183 Å². The van der Waals surface area contributed by atoms with E-state index in [0.717, 1.165) is 10.6 Å². The van der Waals surface area contributed by atoms with Crippen molar-refractivity contribution < 1.29 is 27.1 Å². The zero-order chi connectivity index (χ0) is 22.6. The van der Waals surface area contributed by atoms with Gasteiger partial charge in [0.05, 0.1) is 5.69 Å². The Kier molecular flexibility index (Phi) is 4.12. The minimum atomic E-state index is -4.65. The lowest BCUT2D eigenvalue weighted by atomic mass is 10.1. The van der Waals surface area contributed by atoms with Crippen molar-refractivity contribution in [2.45, 2.75) is 6.18 Å². The van der Waals surface area contributed by atoms with Gasteiger partial charge in [0.15, 0.2) is 28.5 Å². The van der Waals surface area contributed by atoms with Crippen LogP contribution in [0.1, 0.15) is 5.69 Å². The maximum atomic E-state index is 13.8. The molecule has 0 saturated carbocycles. The van der Waals surface area contributed by atoms with E-state index >= 15 is 0 Å².